The number of nitrogens with one attached hydrogen (secondary N) is 2. The minimum Gasteiger partial charge on any atom is -0.421 e. The number of hydrogen-bond donors (Lipinski definition) is 2. The van der Waals surface area contributed by atoms with Gasteiger partial charge in [0.05, 0.1) is 26.8 Å². The molecule has 0 aliphatic heterocycles. The fourth-order valence-electron chi connectivity index (χ4n) is 3.46. The Hall–Kier alpha value is -3.50. The second kappa shape index (κ2) is 13.2. The van der Waals surface area contributed by atoms with Crippen LogP contribution in [0.25, 0.3) is 0 Å². The quantitative estimate of drug-likeness (QED) is 0.0881. The maximum atomic E-state index is 12.8. The van der Waals surface area contributed by atoms with Crippen LogP contribution in [0, 0.1) is 6.92 Å². The molecular weight excluding hydrogens is 685 g/mol. The number of aryl methyl sites for hydroxylation is 1. The molecule has 11 heteroatoms. The summed E-state index contributed by atoms with van der Waals surface area (Å²) in [4.78, 5) is 38.1. The number of carbonyl (C=O) groups excluding carboxylic acids is 3. The average molecular weight is 704 g/mol. The van der Waals surface area contributed by atoms with Crippen molar-refractivity contribution in [2.45, 2.75) is 6.92 Å². The van der Waals surface area contributed by atoms with Crippen molar-refractivity contribution in [3.63, 3.8) is 0 Å². The Bertz CT molecular complexity index is 1640. The van der Waals surface area contributed by atoms with Crippen molar-refractivity contribution in [1.29, 1.82) is 0 Å². The predicted molar refractivity (Wildman–Crippen MR) is 164 cm³/mol. The molecule has 0 aromatic heterocycles. The summed E-state index contributed by atoms with van der Waals surface area (Å²) in [7, 11) is 0. The third kappa shape index (κ3) is 7.57. The zero-order valence-corrected chi connectivity index (χ0v) is 25.4. The summed E-state index contributed by atoms with van der Waals surface area (Å²) < 4.78 is 6.85. The molecule has 0 radical (unpaired) electrons. The van der Waals surface area contributed by atoms with Crippen molar-refractivity contribution in [2.75, 3.05) is 5.32 Å². The van der Waals surface area contributed by atoms with Gasteiger partial charge in [-0.25, -0.2) is 10.2 Å². The summed E-state index contributed by atoms with van der Waals surface area (Å²) >= 11 is 18.8. The van der Waals surface area contributed by atoms with Gasteiger partial charge in [0.25, 0.3) is 11.8 Å². The van der Waals surface area contributed by atoms with Crippen LogP contribution >= 0.6 is 55.1 Å². The van der Waals surface area contributed by atoms with E-state index in [-0.39, 0.29) is 21.9 Å². The lowest BCUT2D eigenvalue weighted by Crippen LogP contribution is -2.18. The Morgan fingerprint density at radius 3 is 2.35 bits per heavy atom. The summed E-state index contributed by atoms with van der Waals surface area (Å²) in [6.45, 7) is 1.92. The number of ether oxygens (including phenoxy) is 1. The minimum absolute atomic E-state index is 0.205. The number of benzene rings is 4. The highest BCUT2D eigenvalue weighted by atomic mass is 79.9. The summed E-state index contributed by atoms with van der Waals surface area (Å²) in [6.07, 6.45) is 1.36. The predicted octanol–water partition coefficient (Wildman–Crippen LogP) is 8.06. The lowest BCUT2D eigenvalue weighted by Gasteiger charge is -2.11. The first-order chi connectivity index (χ1) is 19.1. The lowest BCUT2D eigenvalue weighted by atomic mass is 10.1. The van der Waals surface area contributed by atoms with Crippen molar-refractivity contribution < 1.29 is 19.1 Å². The van der Waals surface area contributed by atoms with Crippen molar-refractivity contribution in [1.82, 2.24) is 5.43 Å². The Labute approximate surface area is 256 Å². The van der Waals surface area contributed by atoms with Gasteiger partial charge >= 0.3 is 5.97 Å². The van der Waals surface area contributed by atoms with Crippen molar-refractivity contribution >= 4 is 84.7 Å². The van der Waals surface area contributed by atoms with Crippen LogP contribution in [0.2, 0.25) is 10.0 Å². The monoisotopic (exact) mass is 701 g/mol. The highest BCUT2D eigenvalue weighted by molar-refractivity contribution is 9.11. The fraction of sp³-hybridized carbons (Fsp3) is 0.0345. The van der Waals surface area contributed by atoms with E-state index in [1.807, 2.05) is 19.1 Å². The first kappa shape index (κ1) is 29.5. The van der Waals surface area contributed by atoms with E-state index in [1.165, 1.54) is 24.4 Å². The molecule has 0 unspecified atom stereocenters. The second-order valence-electron chi connectivity index (χ2n) is 8.42. The van der Waals surface area contributed by atoms with Crippen LogP contribution in [0.4, 0.5) is 5.69 Å². The van der Waals surface area contributed by atoms with E-state index in [2.05, 4.69) is 47.7 Å². The number of hydrazone groups is 1. The average Bonchev–Trinajstić information content (AvgIpc) is 2.90. The number of hydrogen-bond acceptors (Lipinski definition) is 5. The molecule has 4 aromatic carbocycles. The lowest BCUT2D eigenvalue weighted by molar-refractivity contribution is 0.0732. The SMILES string of the molecule is Cc1ccc(C(=O)Oc2c(Br)cc(Br)cc2C=NNC(=O)c2cccc(NC(=O)c3ccc(Cl)cc3Cl)c2)cc1. The molecule has 0 atom stereocenters. The molecule has 0 heterocycles. The molecule has 0 fully saturated rings. The van der Waals surface area contributed by atoms with Crippen molar-refractivity contribution in [3.05, 3.63) is 126 Å². The topological polar surface area (TPSA) is 96.9 Å². The minimum atomic E-state index is -0.541. The van der Waals surface area contributed by atoms with Crippen LogP contribution in [-0.4, -0.2) is 24.0 Å². The first-order valence-electron chi connectivity index (χ1n) is 11.6. The molecule has 7 nitrogen and oxygen atoms in total. The Balaban J connectivity index is 1.46. The summed E-state index contributed by atoms with van der Waals surface area (Å²) in [5.41, 5.74) is 5.16. The molecule has 4 aromatic rings. The van der Waals surface area contributed by atoms with Crippen molar-refractivity contribution in [2.24, 2.45) is 5.10 Å². The molecule has 40 heavy (non-hydrogen) atoms. The molecule has 0 aliphatic rings. The summed E-state index contributed by atoms with van der Waals surface area (Å²) in [6, 6.07) is 21.3. The van der Waals surface area contributed by atoms with E-state index in [4.69, 9.17) is 27.9 Å². The number of esters is 1. The van der Waals surface area contributed by atoms with E-state index in [0.29, 0.717) is 30.8 Å². The normalized spacial score (nSPS) is 10.8. The van der Waals surface area contributed by atoms with Gasteiger partial charge < -0.3 is 10.1 Å². The number of nitrogens with zero attached hydrogens (tertiary/aromatic N) is 1. The van der Waals surface area contributed by atoms with Gasteiger partial charge in [-0.15, -0.1) is 0 Å². The van der Waals surface area contributed by atoms with Crippen LogP contribution in [0.5, 0.6) is 5.75 Å². The maximum absolute atomic E-state index is 12.8. The number of anilines is 1. The van der Waals surface area contributed by atoms with E-state index >= 15 is 0 Å². The largest absolute Gasteiger partial charge is 0.421 e. The van der Waals surface area contributed by atoms with Gasteiger partial charge in [-0.3, -0.25) is 9.59 Å². The molecule has 0 saturated heterocycles. The van der Waals surface area contributed by atoms with Gasteiger partial charge in [-0.2, -0.15) is 5.10 Å². The van der Waals surface area contributed by atoms with Gasteiger partial charge in [0.15, 0.2) is 5.75 Å². The molecule has 0 spiro atoms. The van der Waals surface area contributed by atoms with Gasteiger partial charge in [-0.05, 0) is 83.5 Å². The number of rotatable bonds is 7. The highest BCUT2D eigenvalue weighted by Gasteiger charge is 2.16. The first-order valence-corrected chi connectivity index (χ1v) is 13.9. The van der Waals surface area contributed by atoms with E-state index in [1.54, 1.807) is 48.5 Å². The zero-order valence-electron chi connectivity index (χ0n) is 20.7. The summed E-state index contributed by atoms with van der Waals surface area (Å²) in [5.74, 6) is -1.29. The molecule has 4 rings (SSSR count). The zero-order chi connectivity index (χ0) is 28.8. The molecule has 202 valence electrons. The number of amides is 2. The van der Waals surface area contributed by atoms with E-state index in [9.17, 15) is 14.4 Å². The van der Waals surface area contributed by atoms with Crippen LogP contribution in [0.3, 0.4) is 0 Å². The van der Waals surface area contributed by atoms with Gasteiger partial charge in [0, 0.05) is 26.3 Å². The van der Waals surface area contributed by atoms with E-state index in [0.717, 1.165) is 5.56 Å². The molecule has 2 amide bonds. The van der Waals surface area contributed by atoms with Gasteiger partial charge in [0.2, 0.25) is 0 Å². The molecule has 0 aliphatic carbocycles. The molecule has 0 saturated carbocycles. The maximum Gasteiger partial charge on any atom is 0.343 e. The third-order valence-corrected chi connectivity index (χ3v) is 7.04. The summed E-state index contributed by atoms with van der Waals surface area (Å²) in [5, 5.41) is 7.36. The fourth-order valence-corrected chi connectivity index (χ4v) is 5.29. The highest BCUT2D eigenvalue weighted by Crippen LogP contribution is 2.33. The van der Waals surface area contributed by atoms with Crippen LogP contribution in [0.1, 0.15) is 42.2 Å². The number of carbonyl (C=O) groups is 3. The van der Waals surface area contributed by atoms with Crippen molar-refractivity contribution in [3.8, 4) is 5.75 Å². The van der Waals surface area contributed by atoms with Crippen LogP contribution < -0.4 is 15.5 Å². The molecule has 0 bridgehead atoms. The standard InChI is InChI=1S/C29H19Br2Cl2N3O4/c1-16-5-7-17(8-6-16)29(39)40-26-19(11-20(30)13-24(26)31)15-34-36-27(37)18-3-2-4-22(12-18)35-28(38)23-10-9-21(32)14-25(23)33/h2-15H,1H3,(H,35,38)(H,36,37). The van der Waals surface area contributed by atoms with E-state index < -0.39 is 17.8 Å². The van der Waals surface area contributed by atoms with Crippen LogP contribution in [-0.2, 0) is 0 Å². The third-order valence-electron chi connectivity index (χ3n) is 5.45. The number of halogens is 4. The Kier molecular flexibility index (Phi) is 9.76. The van der Waals surface area contributed by atoms with Gasteiger partial charge in [-0.1, -0.05) is 62.9 Å². The van der Waals surface area contributed by atoms with Gasteiger partial charge in [0.1, 0.15) is 0 Å². The van der Waals surface area contributed by atoms with Crippen LogP contribution in [0.15, 0.2) is 92.9 Å². The Morgan fingerprint density at radius 2 is 1.62 bits per heavy atom. The second-order valence-corrected chi connectivity index (χ2v) is 11.0. The molecule has 2 N–H and O–H groups in total. The molecular formula is C29H19Br2Cl2N3O4. The smallest absolute Gasteiger partial charge is 0.343 e. The Morgan fingerprint density at radius 1 is 0.875 bits per heavy atom.